The fourth-order valence-corrected chi connectivity index (χ4v) is 2.43. The molecule has 3 nitrogen and oxygen atoms in total. The molecule has 0 radical (unpaired) electrons. The van der Waals surface area contributed by atoms with Crippen LogP contribution in [0.1, 0.15) is 66.2 Å². The van der Waals surface area contributed by atoms with Crippen LogP contribution >= 0.6 is 0 Å². The van der Waals surface area contributed by atoms with E-state index in [4.69, 9.17) is 4.74 Å². The molecule has 0 amide bonds. The Morgan fingerprint density at radius 1 is 1.12 bits per heavy atom. The van der Waals surface area contributed by atoms with Crippen molar-refractivity contribution >= 4 is 5.97 Å². The van der Waals surface area contributed by atoms with Gasteiger partial charge in [-0.2, -0.15) is 0 Å². The highest BCUT2D eigenvalue weighted by molar-refractivity contribution is 5.79. The maximum atomic E-state index is 12.0. The smallest absolute Gasteiger partial charge is 0.338 e. The number of aliphatic hydroxyl groups is 1. The van der Waals surface area contributed by atoms with Crippen LogP contribution in [-0.4, -0.2) is 23.3 Å². The highest BCUT2D eigenvalue weighted by Crippen LogP contribution is 2.32. The molecule has 0 aliphatic carbocycles. The molecule has 0 spiro atoms. The molecule has 0 aromatic heterocycles. The van der Waals surface area contributed by atoms with Crippen molar-refractivity contribution < 1.29 is 14.6 Å². The molecule has 3 heteroatoms. The predicted molar refractivity (Wildman–Crippen MR) is 69.8 cm³/mol. The van der Waals surface area contributed by atoms with Gasteiger partial charge in [0.2, 0.25) is 0 Å². The van der Waals surface area contributed by atoms with Crippen molar-refractivity contribution in [2.75, 3.05) is 6.61 Å². The molecular weight excluding hydrogens is 216 g/mol. The van der Waals surface area contributed by atoms with E-state index in [0.29, 0.717) is 13.0 Å². The summed E-state index contributed by atoms with van der Waals surface area (Å²) in [5.74, 6) is -0.412. The van der Waals surface area contributed by atoms with Crippen LogP contribution in [-0.2, 0) is 9.53 Å². The molecule has 0 bridgehead atoms. The molecule has 0 fully saturated rings. The summed E-state index contributed by atoms with van der Waals surface area (Å²) in [6, 6.07) is 0. The SMILES string of the molecule is CCCC(CCC)C(O)(CCC)C(=O)OCC. The molecule has 1 atom stereocenters. The van der Waals surface area contributed by atoms with E-state index in [-0.39, 0.29) is 5.92 Å². The number of esters is 1. The normalized spacial score (nSPS) is 14.7. The molecule has 0 aliphatic heterocycles. The molecule has 102 valence electrons. The second kappa shape index (κ2) is 8.51. The Morgan fingerprint density at radius 3 is 2.00 bits per heavy atom. The Balaban J connectivity index is 4.89. The van der Waals surface area contributed by atoms with Gasteiger partial charge < -0.3 is 9.84 Å². The summed E-state index contributed by atoms with van der Waals surface area (Å²) < 4.78 is 5.04. The summed E-state index contributed by atoms with van der Waals surface area (Å²) in [6.45, 7) is 8.26. The van der Waals surface area contributed by atoms with Crippen LogP contribution in [0.4, 0.5) is 0 Å². The lowest BCUT2D eigenvalue weighted by Crippen LogP contribution is -2.47. The minimum Gasteiger partial charge on any atom is -0.464 e. The molecule has 17 heavy (non-hydrogen) atoms. The first kappa shape index (κ1) is 16.4. The van der Waals surface area contributed by atoms with Crippen LogP contribution in [0.25, 0.3) is 0 Å². The fraction of sp³-hybridized carbons (Fsp3) is 0.929. The Labute approximate surface area is 106 Å². The van der Waals surface area contributed by atoms with E-state index >= 15 is 0 Å². The topological polar surface area (TPSA) is 46.5 Å². The van der Waals surface area contributed by atoms with Crippen molar-refractivity contribution in [3.63, 3.8) is 0 Å². The number of rotatable bonds is 9. The van der Waals surface area contributed by atoms with Crippen molar-refractivity contribution in [3.05, 3.63) is 0 Å². The second-order valence-electron chi connectivity index (χ2n) is 4.67. The van der Waals surface area contributed by atoms with Crippen molar-refractivity contribution in [1.29, 1.82) is 0 Å². The molecule has 0 aromatic rings. The van der Waals surface area contributed by atoms with Gasteiger partial charge in [-0.15, -0.1) is 0 Å². The Hall–Kier alpha value is -0.570. The minimum absolute atomic E-state index is 0.0245. The molecule has 1 unspecified atom stereocenters. The highest BCUT2D eigenvalue weighted by atomic mass is 16.5. The molecule has 0 aromatic carbocycles. The van der Waals surface area contributed by atoms with Gasteiger partial charge in [0.05, 0.1) is 6.61 Å². The van der Waals surface area contributed by atoms with E-state index in [0.717, 1.165) is 32.1 Å². The number of hydrogen-bond acceptors (Lipinski definition) is 3. The molecular formula is C14H28O3. The van der Waals surface area contributed by atoms with Gasteiger partial charge in [-0.05, 0) is 32.1 Å². The van der Waals surface area contributed by atoms with Crippen molar-refractivity contribution in [2.45, 2.75) is 71.8 Å². The molecule has 0 saturated heterocycles. The maximum Gasteiger partial charge on any atom is 0.338 e. The van der Waals surface area contributed by atoms with E-state index in [1.807, 2.05) is 6.92 Å². The summed E-state index contributed by atoms with van der Waals surface area (Å²) in [5, 5.41) is 10.7. The fourth-order valence-electron chi connectivity index (χ4n) is 2.43. The van der Waals surface area contributed by atoms with Gasteiger partial charge in [-0.1, -0.05) is 40.0 Å². The van der Waals surface area contributed by atoms with Crippen molar-refractivity contribution in [2.24, 2.45) is 5.92 Å². The first-order valence-corrected chi connectivity index (χ1v) is 6.96. The van der Waals surface area contributed by atoms with Crippen molar-refractivity contribution in [1.82, 2.24) is 0 Å². The van der Waals surface area contributed by atoms with Crippen LogP contribution in [0.5, 0.6) is 0 Å². The van der Waals surface area contributed by atoms with E-state index in [2.05, 4.69) is 13.8 Å². The van der Waals surface area contributed by atoms with E-state index in [9.17, 15) is 9.90 Å². The van der Waals surface area contributed by atoms with E-state index < -0.39 is 11.6 Å². The van der Waals surface area contributed by atoms with Gasteiger partial charge in [-0.25, -0.2) is 4.79 Å². The monoisotopic (exact) mass is 244 g/mol. The summed E-state index contributed by atoms with van der Waals surface area (Å²) in [4.78, 5) is 12.0. The molecule has 0 aliphatic rings. The minimum atomic E-state index is -1.28. The number of ether oxygens (including phenoxy) is 1. The summed E-state index contributed by atoms with van der Waals surface area (Å²) in [6.07, 6.45) is 5.01. The molecule has 0 saturated carbocycles. The van der Waals surface area contributed by atoms with Gasteiger partial charge in [0.25, 0.3) is 0 Å². The van der Waals surface area contributed by atoms with Crippen LogP contribution in [0.3, 0.4) is 0 Å². The third-order valence-corrected chi connectivity index (χ3v) is 3.21. The summed E-state index contributed by atoms with van der Waals surface area (Å²) >= 11 is 0. The second-order valence-corrected chi connectivity index (χ2v) is 4.67. The number of hydrogen-bond donors (Lipinski definition) is 1. The number of carbonyl (C=O) groups is 1. The van der Waals surface area contributed by atoms with Gasteiger partial charge in [0.15, 0.2) is 5.60 Å². The zero-order valence-corrected chi connectivity index (χ0v) is 11.8. The maximum absolute atomic E-state index is 12.0. The lowest BCUT2D eigenvalue weighted by atomic mass is 9.78. The number of carbonyl (C=O) groups excluding carboxylic acids is 1. The summed E-state index contributed by atoms with van der Waals surface area (Å²) in [7, 11) is 0. The highest BCUT2D eigenvalue weighted by Gasteiger charge is 2.43. The van der Waals surface area contributed by atoms with Gasteiger partial charge in [0.1, 0.15) is 0 Å². The lowest BCUT2D eigenvalue weighted by Gasteiger charge is -2.33. The standard InChI is InChI=1S/C14H28O3/c1-5-9-12(10-6-2)14(16,11-7-3)13(15)17-8-4/h12,16H,5-11H2,1-4H3. The summed E-state index contributed by atoms with van der Waals surface area (Å²) in [5.41, 5.74) is -1.28. The molecule has 0 rings (SSSR count). The van der Waals surface area contributed by atoms with Crippen LogP contribution in [0.2, 0.25) is 0 Å². The molecule has 1 N–H and O–H groups in total. The third kappa shape index (κ3) is 4.66. The first-order valence-electron chi connectivity index (χ1n) is 6.96. The largest absolute Gasteiger partial charge is 0.464 e. The third-order valence-electron chi connectivity index (χ3n) is 3.21. The Morgan fingerprint density at radius 2 is 1.65 bits per heavy atom. The molecule has 0 heterocycles. The zero-order valence-electron chi connectivity index (χ0n) is 11.8. The van der Waals surface area contributed by atoms with Gasteiger partial charge in [-0.3, -0.25) is 0 Å². The Kier molecular flexibility index (Phi) is 8.23. The van der Waals surface area contributed by atoms with E-state index in [1.54, 1.807) is 6.92 Å². The van der Waals surface area contributed by atoms with E-state index in [1.165, 1.54) is 0 Å². The van der Waals surface area contributed by atoms with Crippen LogP contribution in [0, 0.1) is 5.92 Å². The van der Waals surface area contributed by atoms with Gasteiger partial charge in [0, 0.05) is 0 Å². The van der Waals surface area contributed by atoms with Crippen molar-refractivity contribution in [3.8, 4) is 0 Å². The lowest BCUT2D eigenvalue weighted by molar-refractivity contribution is -0.173. The Bertz CT molecular complexity index is 210. The van der Waals surface area contributed by atoms with Crippen LogP contribution in [0.15, 0.2) is 0 Å². The van der Waals surface area contributed by atoms with Crippen LogP contribution < -0.4 is 0 Å². The zero-order chi connectivity index (χ0) is 13.3. The predicted octanol–water partition coefficient (Wildman–Crippen LogP) is 3.30. The first-order chi connectivity index (χ1) is 8.06. The average Bonchev–Trinajstić information content (AvgIpc) is 2.29. The quantitative estimate of drug-likeness (QED) is 0.633. The average molecular weight is 244 g/mol. The van der Waals surface area contributed by atoms with Gasteiger partial charge >= 0.3 is 5.97 Å².